The zero-order chi connectivity index (χ0) is 18.3. The molecule has 2 aromatic heterocycles. The fourth-order valence-electron chi connectivity index (χ4n) is 3.43. The first-order valence-electron chi connectivity index (χ1n) is 8.40. The summed E-state index contributed by atoms with van der Waals surface area (Å²) in [6.07, 6.45) is 6.99. The molecule has 3 aromatic rings. The summed E-state index contributed by atoms with van der Waals surface area (Å²) in [4.78, 5) is 3.91. The molecule has 1 aliphatic rings. The summed E-state index contributed by atoms with van der Waals surface area (Å²) in [6.45, 7) is 0. The number of nitrogens with zero attached hydrogens (tertiary/aromatic N) is 2. The summed E-state index contributed by atoms with van der Waals surface area (Å²) in [5.74, 6) is 0.893. The van der Waals surface area contributed by atoms with E-state index >= 15 is 0 Å². The number of methoxy groups -OCH3 is 1. The Morgan fingerprint density at radius 1 is 1.19 bits per heavy atom. The molecule has 0 spiro atoms. The number of aromatic nitrogens is 2. The van der Waals surface area contributed by atoms with Crippen LogP contribution in [0.25, 0.3) is 11.2 Å². The van der Waals surface area contributed by atoms with E-state index in [1.165, 1.54) is 21.2 Å². The molecule has 1 aromatic carbocycles. The Labute approximate surface area is 170 Å². The Balaban J connectivity index is 1.87. The van der Waals surface area contributed by atoms with Crippen molar-refractivity contribution in [2.24, 2.45) is 0 Å². The molecule has 4 rings (SSSR count). The minimum Gasteiger partial charge on any atom is -0.497 e. The van der Waals surface area contributed by atoms with Crippen LogP contribution in [0.1, 0.15) is 40.1 Å². The van der Waals surface area contributed by atoms with Crippen LogP contribution >= 0.6 is 39.1 Å². The first-order chi connectivity index (χ1) is 12.6. The van der Waals surface area contributed by atoms with Crippen molar-refractivity contribution in [3.63, 3.8) is 0 Å². The van der Waals surface area contributed by atoms with E-state index in [0.29, 0.717) is 5.69 Å². The fourth-order valence-corrected chi connectivity index (χ4v) is 4.36. The second kappa shape index (κ2) is 7.26. The predicted octanol–water partition coefficient (Wildman–Crippen LogP) is 6.31. The van der Waals surface area contributed by atoms with E-state index in [-0.39, 0.29) is 0 Å². The van der Waals surface area contributed by atoms with Gasteiger partial charge in [-0.25, -0.2) is 4.98 Å². The molecule has 0 radical (unpaired) electrons. The van der Waals surface area contributed by atoms with Crippen molar-refractivity contribution >= 4 is 50.4 Å². The van der Waals surface area contributed by atoms with Gasteiger partial charge in [0, 0.05) is 16.9 Å². The van der Waals surface area contributed by atoms with E-state index in [2.05, 4.69) is 45.2 Å². The first kappa shape index (κ1) is 17.9. The Morgan fingerprint density at radius 2 is 2.04 bits per heavy atom. The zero-order valence-corrected chi connectivity index (χ0v) is 17.3. The number of imidazole rings is 1. The van der Waals surface area contributed by atoms with Gasteiger partial charge in [-0.3, -0.25) is 0 Å². The molecular weight excluding hydrogens is 435 g/mol. The van der Waals surface area contributed by atoms with Gasteiger partial charge < -0.3 is 9.14 Å². The highest BCUT2D eigenvalue weighted by Crippen LogP contribution is 2.39. The number of rotatable bonds is 3. The van der Waals surface area contributed by atoms with Crippen LogP contribution in [0, 0.1) is 0 Å². The van der Waals surface area contributed by atoms with E-state index in [1.807, 2.05) is 22.9 Å². The Bertz CT molecular complexity index is 1010. The number of ether oxygens (including phenoxy) is 1. The molecule has 0 amide bonds. The van der Waals surface area contributed by atoms with Crippen LogP contribution in [0.15, 0.2) is 47.2 Å². The smallest absolute Gasteiger partial charge is 0.151 e. The summed E-state index contributed by atoms with van der Waals surface area (Å²) in [7, 11) is 1.70. The zero-order valence-electron chi connectivity index (χ0n) is 14.2. The highest BCUT2D eigenvalue weighted by molar-refractivity contribution is 9.11. The lowest BCUT2D eigenvalue weighted by molar-refractivity contribution is 0.414. The quantitative estimate of drug-likeness (QED) is 0.436. The van der Waals surface area contributed by atoms with Gasteiger partial charge in [-0.2, -0.15) is 0 Å². The molecule has 0 atom stereocenters. The molecule has 26 heavy (non-hydrogen) atoms. The standard InChI is InChI=1S/C20H17BrCl2N2O/c1-26-14-5-6-15-12(9-14)3-2-4-16(21)19(15)13-7-8-25-11-17(20(22)23)24-18(25)10-13/h5-11,20H,2-4H2,1H3. The minimum atomic E-state index is -0.629. The van der Waals surface area contributed by atoms with Gasteiger partial charge in [0.2, 0.25) is 0 Å². The van der Waals surface area contributed by atoms with E-state index in [4.69, 9.17) is 27.9 Å². The number of hydrogen-bond acceptors (Lipinski definition) is 2. The van der Waals surface area contributed by atoms with Crippen molar-refractivity contribution in [3.8, 4) is 5.75 Å². The van der Waals surface area contributed by atoms with Crippen molar-refractivity contribution in [1.82, 2.24) is 9.38 Å². The summed E-state index contributed by atoms with van der Waals surface area (Å²) in [6, 6.07) is 10.5. The summed E-state index contributed by atoms with van der Waals surface area (Å²) >= 11 is 15.7. The second-order valence-corrected chi connectivity index (χ2v) is 8.36. The normalized spacial score (nSPS) is 14.7. The number of halogens is 3. The molecule has 2 heterocycles. The minimum absolute atomic E-state index is 0.629. The van der Waals surface area contributed by atoms with Gasteiger partial charge in [0.1, 0.15) is 11.4 Å². The average molecular weight is 452 g/mol. The number of hydrogen-bond donors (Lipinski definition) is 0. The molecule has 0 unspecified atom stereocenters. The van der Waals surface area contributed by atoms with Gasteiger partial charge in [-0.1, -0.05) is 45.2 Å². The van der Waals surface area contributed by atoms with Crippen molar-refractivity contribution in [2.45, 2.75) is 24.1 Å². The molecule has 0 saturated carbocycles. The lowest BCUT2D eigenvalue weighted by Crippen LogP contribution is -1.96. The van der Waals surface area contributed by atoms with Crippen molar-refractivity contribution in [2.75, 3.05) is 7.11 Å². The van der Waals surface area contributed by atoms with Gasteiger partial charge in [-0.15, -0.1) is 0 Å². The molecule has 0 bridgehead atoms. The van der Waals surface area contributed by atoms with Crippen LogP contribution in [-0.2, 0) is 6.42 Å². The van der Waals surface area contributed by atoms with E-state index in [1.54, 1.807) is 7.11 Å². The monoisotopic (exact) mass is 450 g/mol. The van der Waals surface area contributed by atoms with Crippen LogP contribution < -0.4 is 4.74 Å². The van der Waals surface area contributed by atoms with Crippen molar-refractivity contribution in [3.05, 3.63) is 69.6 Å². The Morgan fingerprint density at radius 3 is 2.81 bits per heavy atom. The largest absolute Gasteiger partial charge is 0.497 e. The van der Waals surface area contributed by atoms with E-state index < -0.39 is 4.84 Å². The van der Waals surface area contributed by atoms with Gasteiger partial charge in [0.15, 0.2) is 4.84 Å². The maximum absolute atomic E-state index is 5.96. The summed E-state index contributed by atoms with van der Waals surface area (Å²) < 4.78 is 8.56. The van der Waals surface area contributed by atoms with E-state index in [9.17, 15) is 0 Å². The lowest BCUT2D eigenvalue weighted by Gasteiger charge is -2.14. The van der Waals surface area contributed by atoms with Crippen LogP contribution in [0.3, 0.4) is 0 Å². The van der Waals surface area contributed by atoms with Gasteiger partial charge in [-0.05, 0) is 65.8 Å². The fraction of sp³-hybridized carbons (Fsp3) is 0.250. The number of allylic oxidation sites excluding steroid dienone is 1. The molecule has 0 saturated heterocycles. The summed E-state index contributed by atoms with van der Waals surface area (Å²) in [5, 5.41) is 0. The Hall–Kier alpha value is -1.49. The molecule has 134 valence electrons. The highest BCUT2D eigenvalue weighted by atomic mass is 79.9. The molecule has 0 aliphatic heterocycles. The average Bonchev–Trinajstić information content (AvgIpc) is 2.99. The predicted molar refractivity (Wildman–Crippen MR) is 111 cm³/mol. The van der Waals surface area contributed by atoms with E-state index in [0.717, 1.165) is 36.2 Å². The van der Waals surface area contributed by atoms with Gasteiger partial charge in [0.05, 0.1) is 12.8 Å². The first-order valence-corrected chi connectivity index (χ1v) is 10.1. The third-order valence-corrected chi connectivity index (χ3v) is 5.93. The third kappa shape index (κ3) is 3.26. The lowest BCUT2D eigenvalue weighted by atomic mass is 9.94. The molecular formula is C20H17BrCl2N2O. The number of pyridine rings is 1. The second-order valence-electron chi connectivity index (χ2n) is 6.30. The van der Waals surface area contributed by atoms with Crippen LogP contribution in [-0.4, -0.2) is 16.5 Å². The number of benzene rings is 1. The molecule has 0 fully saturated rings. The van der Waals surface area contributed by atoms with Crippen molar-refractivity contribution < 1.29 is 4.74 Å². The van der Waals surface area contributed by atoms with Gasteiger partial charge in [0.25, 0.3) is 0 Å². The SMILES string of the molecule is COc1ccc2c(c1)CCCC(Br)=C2c1ccn2cc(C(Cl)Cl)nc2c1. The molecule has 6 heteroatoms. The number of fused-ring (bicyclic) bond motifs is 2. The third-order valence-electron chi connectivity index (χ3n) is 4.69. The molecule has 1 aliphatic carbocycles. The van der Waals surface area contributed by atoms with Crippen LogP contribution in [0.4, 0.5) is 0 Å². The maximum atomic E-state index is 5.96. The molecule has 3 nitrogen and oxygen atoms in total. The summed E-state index contributed by atoms with van der Waals surface area (Å²) in [5.41, 5.74) is 6.36. The maximum Gasteiger partial charge on any atom is 0.151 e. The molecule has 0 N–H and O–H groups in total. The number of aryl methyl sites for hydroxylation is 1. The van der Waals surface area contributed by atoms with Crippen LogP contribution in [0.2, 0.25) is 0 Å². The number of alkyl halides is 2. The highest BCUT2D eigenvalue weighted by Gasteiger charge is 2.19. The van der Waals surface area contributed by atoms with Crippen LogP contribution in [0.5, 0.6) is 5.75 Å². The van der Waals surface area contributed by atoms with Crippen molar-refractivity contribution in [1.29, 1.82) is 0 Å². The topological polar surface area (TPSA) is 26.5 Å². The Kier molecular flexibility index (Phi) is 5.00. The van der Waals surface area contributed by atoms with Gasteiger partial charge >= 0.3 is 0 Å².